The third kappa shape index (κ3) is 2.26. The first kappa shape index (κ1) is 15.5. The highest BCUT2D eigenvalue weighted by molar-refractivity contribution is 5.91. The predicted molar refractivity (Wildman–Crippen MR) is 86.0 cm³/mol. The normalized spacial score (nSPS) is 10.8. The number of phenolic OH excluding ortho intramolecular Hbond substituents is 3. The lowest BCUT2D eigenvalue weighted by Gasteiger charge is -2.10. The van der Waals surface area contributed by atoms with Crippen LogP contribution in [0.4, 0.5) is 0 Å². The van der Waals surface area contributed by atoms with Crippen molar-refractivity contribution in [1.29, 1.82) is 0 Å². The molecule has 0 unspecified atom stereocenters. The van der Waals surface area contributed by atoms with Crippen LogP contribution in [-0.4, -0.2) is 29.5 Å². The van der Waals surface area contributed by atoms with Crippen molar-refractivity contribution in [3.05, 3.63) is 40.8 Å². The number of rotatable bonds is 3. The van der Waals surface area contributed by atoms with Crippen molar-refractivity contribution in [3.8, 4) is 39.9 Å². The van der Waals surface area contributed by atoms with E-state index in [0.717, 1.165) is 6.26 Å². The summed E-state index contributed by atoms with van der Waals surface area (Å²) in [7, 11) is 2.71. The van der Waals surface area contributed by atoms with Crippen molar-refractivity contribution >= 4 is 11.0 Å². The largest absolute Gasteiger partial charge is 0.507 e. The Bertz CT molecular complexity index is 988. The number of ether oxygens (including phenoxy) is 2. The molecule has 0 saturated heterocycles. The molecular weight excluding hydrogens is 316 g/mol. The molecule has 0 aliphatic carbocycles. The van der Waals surface area contributed by atoms with Gasteiger partial charge in [0, 0.05) is 11.6 Å². The molecule has 0 fully saturated rings. The van der Waals surface area contributed by atoms with Gasteiger partial charge in [0.25, 0.3) is 0 Å². The van der Waals surface area contributed by atoms with Gasteiger partial charge in [-0.25, -0.2) is 0 Å². The van der Waals surface area contributed by atoms with E-state index < -0.39 is 11.2 Å². The van der Waals surface area contributed by atoms with Gasteiger partial charge >= 0.3 is 0 Å². The summed E-state index contributed by atoms with van der Waals surface area (Å²) in [4.78, 5) is 12.8. The molecule has 1 heterocycles. The van der Waals surface area contributed by atoms with Gasteiger partial charge in [0.05, 0.1) is 19.8 Å². The van der Waals surface area contributed by atoms with Crippen molar-refractivity contribution in [1.82, 2.24) is 0 Å². The number of phenols is 3. The number of fused-ring (bicyclic) bond motifs is 1. The number of methoxy groups -OCH3 is 2. The number of hydrogen-bond donors (Lipinski definition) is 3. The SMILES string of the molecule is COc1ccc(O)c(-c2coc3cc(O)c(OC)c(O)c3c2=O)c1. The average molecular weight is 330 g/mol. The molecule has 0 atom stereocenters. The van der Waals surface area contributed by atoms with Crippen LogP contribution in [0.1, 0.15) is 0 Å². The summed E-state index contributed by atoms with van der Waals surface area (Å²) in [6.07, 6.45) is 1.14. The van der Waals surface area contributed by atoms with Crippen molar-refractivity contribution in [2.45, 2.75) is 0 Å². The van der Waals surface area contributed by atoms with Crippen LogP contribution >= 0.6 is 0 Å². The third-order valence-corrected chi connectivity index (χ3v) is 3.67. The Morgan fingerprint density at radius 3 is 2.38 bits per heavy atom. The van der Waals surface area contributed by atoms with Crippen LogP contribution in [0, 0.1) is 0 Å². The summed E-state index contributed by atoms with van der Waals surface area (Å²) in [6.45, 7) is 0. The number of hydrogen-bond acceptors (Lipinski definition) is 7. The van der Waals surface area contributed by atoms with E-state index in [1.54, 1.807) is 6.07 Å². The maximum atomic E-state index is 12.8. The molecule has 0 amide bonds. The lowest BCUT2D eigenvalue weighted by atomic mass is 10.0. The Labute approximate surface area is 135 Å². The Morgan fingerprint density at radius 2 is 1.71 bits per heavy atom. The first-order valence-corrected chi connectivity index (χ1v) is 6.89. The van der Waals surface area contributed by atoms with E-state index in [1.807, 2.05) is 0 Å². The standard InChI is InChI=1S/C17H14O7/c1-22-8-3-4-11(18)9(5-8)10-7-24-13-6-12(19)17(23-2)16(21)14(13)15(10)20/h3-7,18-19,21H,1-2H3. The van der Waals surface area contributed by atoms with Gasteiger partial charge < -0.3 is 29.2 Å². The molecule has 0 spiro atoms. The molecule has 7 heteroatoms. The maximum Gasteiger partial charge on any atom is 0.204 e. The Morgan fingerprint density at radius 1 is 0.958 bits per heavy atom. The van der Waals surface area contributed by atoms with E-state index in [9.17, 15) is 20.1 Å². The van der Waals surface area contributed by atoms with Crippen LogP contribution in [0.15, 0.2) is 39.7 Å². The molecule has 7 nitrogen and oxygen atoms in total. The number of aromatic hydroxyl groups is 3. The van der Waals surface area contributed by atoms with Gasteiger partial charge in [-0.15, -0.1) is 0 Å². The Kier molecular flexibility index (Phi) is 3.69. The van der Waals surface area contributed by atoms with Crippen LogP contribution in [0.5, 0.6) is 28.7 Å². The van der Waals surface area contributed by atoms with Crippen LogP contribution in [0.3, 0.4) is 0 Å². The summed E-state index contributed by atoms with van der Waals surface area (Å²) in [6, 6.07) is 5.57. The average Bonchev–Trinajstić information content (AvgIpc) is 2.56. The minimum Gasteiger partial charge on any atom is -0.507 e. The van der Waals surface area contributed by atoms with Gasteiger partial charge in [-0.1, -0.05) is 0 Å². The monoisotopic (exact) mass is 330 g/mol. The second-order valence-electron chi connectivity index (χ2n) is 5.01. The van der Waals surface area contributed by atoms with E-state index in [0.29, 0.717) is 5.75 Å². The third-order valence-electron chi connectivity index (χ3n) is 3.67. The number of benzene rings is 2. The van der Waals surface area contributed by atoms with Gasteiger partial charge in [-0.2, -0.15) is 0 Å². The fourth-order valence-corrected chi connectivity index (χ4v) is 2.48. The smallest absolute Gasteiger partial charge is 0.204 e. The summed E-state index contributed by atoms with van der Waals surface area (Å²) < 4.78 is 15.3. The lowest BCUT2D eigenvalue weighted by molar-refractivity contribution is 0.346. The van der Waals surface area contributed by atoms with Gasteiger partial charge in [0.2, 0.25) is 11.2 Å². The van der Waals surface area contributed by atoms with Gasteiger partial charge in [-0.05, 0) is 18.2 Å². The summed E-state index contributed by atoms with van der Waals surface area (Å²) >= 11 is 0. The summed E-state index contributed by atoms with van der Waals surface area (Å²) in [5.41, 5.74) is -0.379. The first-order chi connectivity index (χ1) is 11.5. The molecule has 3 aromatic rings. The van der Waals surface area contributed by atoms with Crippen LogP contribution in [0.2, 0.25) is 0 Å². The molecule has 0 aliphatic rings. The van der Waals surface area contributed by atoms with Crippen molar-refractivity contribution in [3.63, 3.8) is 0 Å². The minimum atomic E-state index is -0.587. The Balaban J connectivity index is 2.36. The molecular formula is C17H14O7. The van der Waals surface area contributed by atoms with E-state index in [1.165, 1.54) is 32.4 Å². The van der Waals surface area contributed by atoms with Gasteiger partial charge in [-0.3, -0.25) is 4.79 Å². The molecule has 3 rings (SSSR count). The predicted octanol–water partition coefficient (Wildman–Crippen LogP) is 2.59. The van der Waals surface area contributed by atoms with Crippen LogP contribution in [-0.2, 0) is 0 Å². The highest BCUT2D eigenvalue weighted by Crippen LogP contribution is 2.41. The summed E-state index contributed by atoms with van der Waals surface area (Å²) in [5, 5.41) is 29.9. The molecule has 0 bridgehead atoms. The zero-order valence-corrected chi connectivity index (χ0v) is 12.9. The fraction of sp³-hybridized carbons (Fsp3) is 0.118. The molecule has 0 radical (unpaired) electrons. The summed E-state index contributed by atoms with van der Waals surface area (Å²) in [5.74, 6) is -0.836. The highest BCUT2D eigenvalue weighted by atomic mass is 16.5. The first-order valence-electron chi connectivity index (χ1n) is 6.89. The van der Waals surface area contributed by atoms with E-state index >= 15 is 0 Å². The lowest BCUT2D eigenvalue weighted by Crippen LogP contribution is -2.06. The topological polar surface area (TPSA) is 109 Å². The van der Waals surface area contributed by atoms with Gasteiger partial charge in [0.15, 0.2) is 11.5 Å². The van der Waals surface area contributed by atoms with Crippen molar-refractivity contribution < 1.29 is 29.2 Å². The highest BCUT2D eigenvalue weighted by Gasteiger charge is 2.20. The van der Waals surface area contributed by atoms with E-state index in [-0.39, 0.29) is 39.3 Å². The zero-order chi connectivity index (χ0) is 17.4. The van der Waals surface area contributed by atoms with E-state index in [2.05, 4.69) is 0 Å². The van der Waals surface area contributed by atoms with Crippen molar-refractivity contribution in [2.24, 2.45) is 0 Å². The van der Waals surface area contributed by atoms with Gasteiger partial charge in [0.1, 0.15) is 28.7 Å². The molecule has 0 saturated carbocycles. The van der Waals surface area contributed by atoms with Crippen LogP contribution < -0.4 is 14.9 Å². The fourth-order valence-electron chi connectivity index (χ4n) is 2.48. The molecule has 3 N–H and O–H groups in total. The second kappa shape index (κ2) is 5.69. The van der Waals surface area contributed by atoms with E-state index in [4.69, 9.17) is 13.9 Å². The maximum absolute atomic E-state index is 12.8. The second-order valence-corrected chi connectivity index (χ2v) is 5.01. The molecule has 1 aromatic heterocycles. The molecule has 0 aliphatic heterocycles. The zero-order valence-electron chi connectivity index (χ0n) is 12.9. The minimum absolute atomic E-state index is 0.0121. The van der Waals surface area contributed by atoms with Crippen molar-refractivity contribution in [2.75, 3.05) is 14.2 Å². The Hall–Kier alpha value is -3.35. The molecule has 24 heavy (non-hydrogen) atoms. The molecule has 124 valence electrons. The molecule has 2 aromatic carbocycles. The quantitative estimate of drug-likeness (QED) is 0.677. The van der Waals surface area contributed by atoms with Crippen LogP contribution in [0.25, 0.3) is 22.1 Å².